The van der Waals surface area contributed by atoms with Gasteiger partial charge in [0.05, 0.1) is 6.10 Å². The van der Waals surface area contributed by atoms with Gasteiger partial charge < -0.3 is 10.1 Å². The first-order valence-corrected chi connectivity index (χ1v) is 7.00. The summed E-state index contributed by atoms with van der Waals surface area (Å²) in [4.78, 5) is 0. The minimum atomic E-state index is 0. The zero-order chi connectivity index (χ0) is 13.4. The Morgan fingerprint density at radius 1 is 1.05 bits per heavy atom. The van der Waals surface area contributed by atoms with Crippen molar-refractivity contribution in [2.24, 2.45) is 0 Å². The van der Waals surface area contributed by atoms with Gasteiger partial charge >= 0.3 is 0 Å². The number of halogens is 1. The Morgan fingerprint density at radius 3 is 2.21 bits per heavy atom. The van der Waals surface area contributed by atoms with E-state index in [4.69, 9.17) is 4.74 Å². The molecule has 1 N–H and O–H groups in total. The lowest BCUT2D eigenvalue weighted by Gasteiger charge is -2.09. The molecule has 110 valence electrons. The molecule has 3 heteroatoms. The van der Waals surface area contributed by atoms with Gasteiger partial charge in [-0.25, -0.2) is 0 Å². The molecule has 0 amide bonds. The largest absolute Gasteiger partial charge is 0.379 e. The Hall–Kier alpha value is -0.570. The van der Waals surface area contributed by atoms with Crippen LogP contribution in [-0.4, -0.2) is 19.3 Å². The second-order valence-electron chi connectivity index (χ2n) is 5.35. The van der Waals surface area contributed by atoms with Gasteiger partial charge in [-0.2, -0.15) is 0 Å². The third-order valence-electron chi connectivity index (χ3n) is 2.92. The fourth-order valence-electron chi connectivity index (χ4n) is 1.77. The molecule has 0 aromatic heterocycles. The summed E-state index contributed by atoms with van der Waals surface area (Å²) in [6.07, 6.45) is 1.41. The van der Waals surface area contributed by atoms with E-state index in [1.165, 1.54) is 11.1 Å². The van der Waals surface area contributed by atoms with Gasteiger partial charge in [-0.15, -0.1) is 12.4 Å². The second-order valence-corrected chi connectivity index (χ2v) is 5.35. The smallest absolute Gasteiger partial charge is 0.0518 e. The van der Waals surface area contributed by atoms with Crippen LogP contribution in [-0.2, 0) is 11.3 Å². The molecule has 0 fully saturated rings. The van der Waals surface area contributed by atoms with Crippen LogP contribution < -0.4 is 5.32 Å². The summed E-state index contributed by atoms with van der Waals surface area (Å²) in [6, 6.07) is 8.88. The van der Waals surface area contributed by atoms with Gasteiger partial charge in [0.2, 0.25) is 0 Å². The molecule has 1 aromatic rings. The Bertz CT molecular complexity index is 322. The van der Waals surface area contributed by atoms with Crippen LogP contribution in [0.5, 0.6) is 0 Å². The van der Waals surface area contributed by atoms with Crippen molar-refractivity contribution in [1.82, 2.24) is 5.32 Å². The van der Waals surface area contributed by atoms with Crippen molar-refractivity contribution in [1.29, 1.82) is 0 Å². The van der Waals surface area contributed by atoms with E-state index >= 15 is 0 Å². The van der Waals surface area contributed by atoms with E-state index in [1.807, 2.05) is 0 Å². The standard InChI is InChI=1S/C16H27NO.ClH/c1-13(2)16-8-6-15(7-9-16)12-17-10-5-11-18-14(3)4;/h6-9,13-14,17H,5,10-12H2,1-4H3;1H. The summed E-state index contributed by atoms with van der Waals surface area (Å²) >= 11 is 0. The topological polar surface area (TPSA) is 21.3 Å². The van der Waals surface area contributed by atoms with Crippen LogP contribution in [0.3, 0.4) is 0 Å². The van der Waals surface area contributed by atoms with Crippen LogP contribution in [0.1, 0.15) is 51.2 Å². The Kier molecular flexibility index (Phi) is 9.94. The highest BCUT2D eigenvalue weighted by molar-refractivity contribution is 5.85. The third-order valence-corrected chi connectivity index (χ3v) is 2.92. The maximum absolute atomic E-state index is 5.50. The van der Waals surface area contributed by atoms with Crippen LogP contribution in [0, 0.1) is 0 Å². The average molecular weight is 286 g/mol. The van der Waals surface area contributed by atoms with Gasteiger partial charge in [-0.05, 0) is 43.9 Å². The predicted molar refractivity (Wildman–Crippen MR) is 85.2 cm³/mol. The molecular weight excluding hydrogens is 258 g/mol. The van der Waals surface area contributed by atoms with Crippen LogP contribution in [0.25, 0.3) is 0 Å². The summed E-state index contributed by atoms with van der Waals surface area (Å²) in [5.74, 6) is 0.611. The first-order valence-electron chi connectivity index (χ1n) is 7.00. The molecule has 0 aliphatic carbocycles. The SMILES string of the molecule is CC(C)OCCCNCc1ccc(C(C)C)cc1.Cl. The summed E-state index contributed by atoms with van der Waals surface area (Å²) in [6.45, 7) is 11.4. The van der Waals surface area contributed by atoms with Crippen molar-refractivity contribution in [3.05, 3.63) is 35.4 Å². The van der Waals surface area contributed by atoms with E-state index < -0.39 is 0 Å². The minimum Gasteiger partial charge on any atom is -0.379 e. The van der Waals surface area contributed by atoms with Gasteiger partial charge in [0.15, 0.2) is 0 Å². The molecule has 1 rings (SSSR count). The van der Waals surface area contributed by atoms with Crippen molar-refractivity contribution in [3.8, 4) is 0 Å². The van der Waals surface area contributed by atoms with Gasteiger partial charge in [0.25, 0.3) is 0 Å². The van der Waals surface area contributed by atoms with Crippen molar-refractivity contribution in [2.75, 3.05) is 13.2 Å². The fraction of sp³-hybridized carbons (Fsp3) is 0.625. The molecule has 2 nitrogen and oxygen atoms in total. The van der Waals surface area contributed by atoms with Crippen molar-refractivity contribution >= 4 is 12.4 Å². The fourth-order valence-corrected chi connectivity index (χ4v) is 1.77. The van der Waals surface area contributed by atoms with Crippen LogP contribution >= 0.6 is 12.4 Å². The molecule has 0 heterocycles. The van der Waals surface area contributed by atoms with Crippen LogP contribution in [0.4, 0.5) is 0 Å². The summed E-state index contributed by atoms with van der Waals surface area (Å²) in [7, 11) is 0. The minimum absolute atomic E-state index is 0. The summed E-state index contributed by atoms with van der Waals surface area (Å²) in [5.41, 5.74) is 2.76. The maximum Gasteiger partial charge on any atom is 0.0518 e. The zero-order valence-corrected chi connectivity index (χ0v) is 13.4. The highest BCUT2D eigenvalue weighted by atomic mass is 35.5. The van der Waals surface area contributed by atoms with E-state index in [1.54, 1.807) is 0 Å². The van der Waals surface area contributed by atoms with Gasteiger partial charge in [-0.3, -0.25) is 0 Å². The highest BCUT2D eigenvalue weighted by Crippen LogP contribution is 2.14. The first-order chi connectivity index (χ1) is 8.59. The molecule has 0 aliphatic heterocycles. The van der Waals surface area contributed by atoms with Crippen LogP contribution in [0.2, 0.25) is 0 Å². The first kappa shape index (κ1) is 18.4. The normalized spacial score (nSPS) is 10.8. The van der Waals surface area contributed by atoms with Gasteiger partial charge in [0, 0.05) is 13.2 Å². The molecule has 0 aliphatic rings. The molecule has 0 spiro atoms. The predicted octanol–water partition coefficient (Wildman–Crippen LogP) is 4.14. The number of rotatable bonds is 8. The lowest BCUT2D eigenvalue weighted by Crippen LogP contribution is -2.17. The lowest BCUT2D eigenvalue weighted by atomic mass is 10.0. The maximum atomic E-state index is 5.50. The molecule has 0 atom stereocenters. The number of benzene rings is 1. The molecule has 19 heavy (non-hydrogen) atoms. The number of nitrogens with one attached hydrogen (secondary N) is 1. The second kappa shape index (κ2) is 10.2. The molecular formula is C16H28ClNO. The van der Waals surface area contributed by atoms with E-state index in [2.05, 4.69) is 57.3 Å². The van der Waals surface area contributed by atoms with Crippen molar-refractivity contribution < 1.29 is 4.74 Å². The van der Waals surface area contributed by atoms with E-state index in [0.29, 0.717) is 12.0 Å². The molecule has 0 saturated heterocycles. The average Bonchev–Trinajstić information content (AvgIpc) is 2.34. The molecule has 0 saturated carbocycles. The third kappa shape index (κ3) is 8.25. The monoisotopic (exact) mass is 285 g/mol. The lowest BCUT2D eigenvalue weighted by molar-refractivity contribution is 0.0770. The van der Waals surface area contributed by atoms with Crippen molar-refractivity contribution in [3.63, 3.8) is 0 Å². The Morgan fingerprint density at radius 2 is 1.68 bits per heavy atom. The van der Waals surface area contributed by atoms with Gasteiger partial charge in [0.1, 0.15) is 0 Å². The molecule has 1 aromatic carbocycles. The van der Waals surface area contributed by atoms with E-state index in [9.17, 15) is 0 Å². The Balaban J connectivity index is 0.00000324. The summed E-state index contributed by atoms with van der Waals surface area (Å²) < 4.78 is 5.50. The van der Waals surface area contributed by atoms with E-state index in [0.717, 1.165) is 26.1 Å². The number of ether oxygens (including phenoxy) is 1. The molecule has 0 bridgehead atoms. The number of hydrogen-bond donors (Lipinski definition) is 1. The van der Waals surface area contributed by atoms with Gasteiger partial charge in [-0.1, -0.05) is 38.1 Å². The van der Waals surface area contributed by atoms with Crippen LogP contribution in [0.15, 0.2) is 24.3 Å². The highest BCUT2D eigenvalue weighted by Gasteiger charge is 1.99. The molecule has 0 unspecified atom stereocenters. The van der Waals surface area contributed by atoms with E-state index in [-0.39, 0.29) is 12.4 Å². The quantitative estimate of drug-likeness (QED) is 0.725. The zero-order valence-electron chi connectivity index (χ0n) is 12.6. The molecule has 0 radical (unpaired) electrons. The summed E-state index contributed by atoms with van der Waals surface area (Å²) in [5, 5.41) is 3.44. The Labute approximate surface area is 124 Å². The number of hydrogen-bond acceptors (Lipinski definition) is 2. The van der Waals surface area contributed by atoms with Crippen molar-refractivity contribution in [2.45, 2.75) is 52.7 Å².